The molecule has 1 aromatic rings. The van der Waals surface area contributed by atoms with Crippen molar-refractivity contribution in [3.63, 3.8) is 0 Å². The minimum absolute atomic E-state index is 0.0729. The maximum absolute atomic E-state index is 9.91. The van der Waals surface area contributed by atoms with Crippen molar-refractivity contribution in [2.45, 2.75) is 6.42 Å². The predicted molar refractivity (Wildman–Crippen MR) is 27.4 cm³/mol. The molecule has 9 heavy (non-hydrogen) atoms. The SMILES string of the molecule is O=C([O-])Cc1ccoc1. The number of furan rings is 1. The number of carbonyl (C=O) groups excluding carboxylic acids is 1. The van der Waals surface area contributed by atoms with Gasteiger partial charge >= 0.3 is 0 Å². The molecule has 1 rings (SSSR count). The molecule has 1 heterocycles. The Kier molecular flexibility index (Phi) is 1.53. The molecule has 0 N–H and O–H groups in total. The Balaban J connectivity index is 2.58. The lowest BCUT2D eigenvalue weighted by atomic mass is 10.2. The highest BCUT2D eigenvalue weighted by molar-refractivity contribution is 5.67. The van der Waals surface area contributed by atoms with E-state index in [4.69, 9.17) is 0 Å². The molecule has 3 heteroatoms. The summed E-state index contributed by atoms with van der Waals surface area (Å²) in [6.07, 6.45) is 2.74. The highest BCUT2D eigenvalue weighted by atomic mass is 16.4. The van der Waals surface area contributed by atoms with Gasteiger partial charge in [-0.3, -0.25) is 0 Å². The molecule has 0 unspecified atom stereocenters. The lowest BCUT2D eigenvalue weighted by molar-refractivity contribution is -0.304. The van der Waals surface area contributed by atoms with Gasteiger partial charge in [0.1, 0.15) is 0 Å². The third-order valence-electron chi connectivity index (χ3n) is 0.929. The van der Waals surface area contributed by atoms with Gasteiger partial charge in [-0.15, -0.1) is 0 Å². The summed E-state index contributed by atoms with van der Waals surface area (Å²) >= 11 is 0. The van der Waals surface area contributed by atoms with E-state index in [0.717, 1.165) is 0 Å². The summed E-state index contributed by atoms with van der Waals surface area (Å²) in [5.41, 5.74) is 0.634. The maximum Gasteiger partial charge on any atom is 0.0938 e. The van der Waals surface area contributed by atoms with Gasteiger partial charge in [0.05, 0.1) is 12.5 Å². The highest BCUT2D eigenvalue weighted by Crippen LogP contribution is 1.98. The predicted octanol–water partition coefficient (Wildman–Crippen LogP) is -0.428. The third kappa shape index (κ3) is 1.60. The van der Waals surface area contributed by atoms with E-state index in [2.05, 4.69) is 4.42 Å². The van der Waals surface area contributed by atoms with Gasteiger partial charge in [0.2, 0.25) is 0 Å². The van der Waals surface area contributed by atoms with Crippen LogP contribution in [-0.2, 0) is 11.2 Å². The van der Waals surface area contributed by atoms with Crippen LogP contribution in [0.5, 0.6) is 0 Å². The number of hydrogen-bond acceptors (Lipinski definition) is 3. The summed E-state index contributed by atoms with van der Waals surface area (Å²) in [4.78, 5) is 9.91. The molecule has 0 saturated carbocycles. The van der Waals surface area contributed by atoms with E-state index in [1.54, 1.807) is 6.07 Å². The van der Waals surface area contributed by atoms with Crippen LogP contribution in [-0.4, -0.2) is 5.97 Å². The van der Waals surface area contributed by atoms with Gasteiger partial charge in [-0.1, -0.05) is 0 Å². The topological polar surface area (TPSA) is 53.3 Å². The van der Waals surface area contributed by atoms with Crippen molar-refractivity contribution >= 4 is 5.97 Å². The monoisotopic (exact) mass is 125 g/mol. The fourth-order valence-electron chi connectivity index (χ4n) is 0.560. The van der Waals surface area contributed by atoms with E-state index < -0.39 is 5.97 Å². The normalized spacial score (nSPS) is 9.33. The van der Waals surface area contributed by atoms with E-state index in [9.17, 15) is 9.90 Å². The minimum Gasteiger partial charge on any atom is -0.550 e. The number of aliphatic carboxylic acids is 1. The zero-order valence-corrected chi connectivity index (χ0v) is 4.66. The van der Waals surface area contributed by atoms with Crippen molar-refractivity contribution in [2.75, 3.05) is 0 Å². The Morgan fingerprint density at radius 2 is 2.56 bits per heavy atom. The average molecular weight is 125 g/mol. The first-order valence-electron chi connectivity index (χ1n) is 2.50. The molecule has 0 radical (unpaired) electrons. The third-order valence-corrected chi connectivity index (χ3v) is 0.929. The average Bonchev–Trinajstić information content (AvgIpc) is 2.15. The molecule has 0 aliphatic rings. The molecule has 0 spiro atoms. The zero-order valence-electron chi connectivity index (χ0n) is 4.66. The maximum atomic E-state index is 9.91. The smallest absolute Gasteiger partial charge is 0.0938 e. The molecule has 0 fully saturated rings. The van der Waals surface area contributed by atoms with Crippen molar-refractivity contribution in [1.82, 2.24) is 0 Å². The molecule has 0 amide bonds. The van der Waals surface area contributed by atoms with E-state index in [-0.39, 0.29) is 6.42 Å². The van der Waals surface area contributed by atoms with Crippen LogP contribution in [0.4, 0.5) is 0 Å². The van der Waals surface area contributed by atoms with E-state index in [1.807, 2.05) is 0 Å². The number of hydrogen-bond donors (Lipinski definition) is 0. The van der Waals surface area contributed by atoms with E-state index in [0.29, 0.717) is 5.56 Å². The standard InChI is InChI=1S/C6H6O3/c7-6(8)3-5-1-2-9-4-5/h1-2,4H,3H2,(H,7,8)/p-1. The summed E-state index contributed by atoms with van der Waals surface area (Å²) in [6, 6.07) is 1.59. The van der Waals surface area contributed by atoms with Crippen LogP contribution < -0.4 is 5.11 Å². The van der Waals surface area contributed by atoms with Gasteiger partial charge < -0.3 is 14.3 Å². The van der Waals surface area contributed by atoms with Gasteiger partial charge in [-0.05, 0) is 11.6 Å². The molecule has 0 aliphatic carbocycles. The van der Waals surface area contributed by atoms with E-state index in [1.165, 1.54) is 12.5 Å². The number of rotatable bonds is 2. The second-order valence-electron chi connectivity index (χ2n) is 1.68. The van der Waals surface area contributed by atoms with Gasteiger partial charge in [0.25, 0.3) is 0 Å². The lowest BCUT2D eigenvalue weighted by Gasteiger charge is -1.94. The van der Waals surface area contributed by atoms with Crippen molar-refractivity contribution in [2.24, 2.45) is 0 Å². The van der Waals surface area contributed by atoms with Crippen LogP contribution in [0.15, 0.2) is 23.0 Å². The van der Waals surface area contributed by atoms with Gasteiger partial charge in [0, 0.05) is 12.4 Å². The first-order chi connectivity index (χ1) is 4.29. The molecule has 1 aromatic heterocycles. The van der Waals surface area contributed by atoms with Crippen LogP contribution in [0.25, 0.3) is 0 Å². The molecule has 48 valence electrons. The molecular formula is C6H5O3-. The molecule has 0 aromatic carbocycles. The molecular weight excluding hydrogens is 120 g/mol. The lowest BCUT2D eigenvalue weighted by Crippen LogP contribution is -2.23. The van der Waals surface area contributed by atoms with Crippen molar-refractivity contribution in [1.29, 1.82) is 0 Å². The minimum atomic E-state index is -1.09. The number of carbonyl (C=O) groups is 1. The zero-order chi connectivity index (χ0) is 6.69. The molecule has 0 aliphatic heterocycles. The van der Waals surface area contributed by atoms with Gasteiger partial charge in [-0.25, -0.2) is 0 Å². The summed E-state index contributed by atoms with van der Waals surface area (Å²) in [7, 11) is 0. The Hall–Kier alpha value is -1.25. The molecule has 0 saturated heterocycles. The first-order valence-corrected chi connectivity index (χ1v) is 2.50. The molecule has 0 atom stereocenters. The highest BCUT2D eigenvalue weighted by Gasteiger charge is 1.91. The molecule has 3 nitrogen and oxygen atoms in total. The Morgan fingerprint density at radius 3 is 3.00 bits per heavy atom. The fraction of sp³-hybridized carbons (Fsp3) is 0.167. The second kappa shape index (κ2) is 2.35. The van der Waals surface area contributed by atoms with Gasteiger partial charge in [-0.2, -0.15) is 0 Å². The van der Waals surface area contributed by atoms with Crippen LogP contribution >= 0.6 is 0 Å². The van der Waals surface area contributed by atoms with Crippen LogP contribution in [0.3, 0.4) is 0 Å². The van der Waals surface area contributed by atoms with Crippen molar-refractivity contribution in [3.8, 4) is 0 Å². The molecule has 0 bridgehead atoms. The first kappa shape index (κ1) is 5.88. The summed E-state index contributed by atoms with van der Waals surface area (Å²) in [5, 5.41) is 9.91. The van der Waals surface area contributed by atoms with Crippen LogP contribution in [0, 0.1) is 0 Å². The van der Waals surface area contributed by atoms with Crippen LogP contribution in [0.2, 0.25) is 0 Å². The Morgan fingerprint density at radius 1 is 1.78 bits per heavy atom. The van der Waals surface area contributed by atoms with Gasteiger partial charge in [0.15, 0.2) is 0 Å². The fourth-order valence-corrected chi connectivity index (χ4v) is 0.560. The van der Waals surface area contributed by atoms with E-state index >= 15 is 0 Å². The van der Waals surface area contributed by atoms with Crippen LogP contribution in [0.1, 0.15) is 5.56 Å². The number of carboxylic acids is 1. The quantitative estimate of drug-likeness (QED) is 0.539. The number of carboxylic acid groups (broad SMARTS) is 1. The van der Waals surface area contributed by atoms with Crippen molar-refractivity contribution in [3.05, 3.63) is 24.2 Å². The summed E-state index contributed by atoms with van der Waals surface area (Å²) in [5.74, 6) is -1.09. The summed E-state index contributed by atoms with van der Waals surface area (Å²) in [6.45, 7) is 0. The Labute approximate surface area is 51.9 Å². The van der Waals surface area contributed by atoms with Crippen molar-refractivity contribution < 1.29 is 14.3 Å². The largest absolute Gasteiger partial charge is 0.550 e. The second-order valence-corrected chi connectivity index (χ2v) is 1.68. The Bertz CT molecular complexity index is 188. The summed E-state index contributed by atoms with van der Waals surface area (Å²) < 4.78 is 4.62.